The molecule has 1 aromatic heterocycles. The van der Waals surface area contributed by atoms with Crippen LogP contribution in [0.3, 0.4) is 0 Å². The number of hydrogen-bond donors (Lipinski definition) is 0. The Balaban J connectivity index is 1.56. The number of hydrogen-bond acceptors (Lipinski definition) is 4. The number of aryl methyl sites for hydroxylation is 2. The first-order valence-electron chi connectivity index (χ1n) is 8.19. The summed E-state index contributed by atoms with van der Waals surface area (Å²) in [6, 6.07) is 5.55. The summed E-state index contributed by atoms with van der Waals surface area (Å²) in [4.78, 5) is 33.8. The molecule has 0 radical (unpaired) electrons. The van der Waals surface area contributed by atoms with Gasteiger partial charge in [-0.05, 0) is 38.1 Å². The molecule has 0 N–H and O–H groups in total. The molecule has 1 aliphatic heterocycles. The van der Waals surface area contributed by atoms with E-state index in [0.717, 1.165) is 15.6 Å². The van der Waals surface area contributed by atoms with Gasteiger partial charge in [0.15, 0.2) is 0 Å². The van der Waals surface area contributed by atoms with Crippen LogP contribution < -0.4 is 0 Å². The number of carbonyl (C=O) groups excluding carboxylic acids is 2. The molecule has 25 heavy (non-hydrogen) atoms. The molecule has 1 saturated heterocycles. The summed E-state index contributed by atoms with van der Waals surface area (Å²) >= 11 is 1.56. The van der Waals surface area contributed by atoms with Crippen LogP contribution in [0.25, 0.3) is 0 Å². The van der Waals surface area contributed by atoms with E-state index in [1.807, 2.05) is 13.8 Å². The fourth-order valence-corrected chi connectivity index (χ4v) is 3.85. The van der Waals surface area contributed by atoms with E-state index < -0.39 is 0 Å². The molecule has 5 nitrogen and oxygen atoms in total. The van der Waals surface area contributed by atoms with E-state index in [2.05, 4.69) is 4.98 Å². The summed E-state index contributed by atoms with van der Waals surface area (Å²) in [6.45, 7) is 5.87. The van der Waals surface area contributed by atoms with Gasteiger partial charge in [-0.2, -0.15) is 0 Å². The van der Waals surface area contributed by atoms with Crippen molar-refractivity contribution >= 4 is 23.2 Å². The minimum atomic E-state index is -0.361. The molecule has 7 heteroatoms. The highest BCUT2D eigenvalue weighted by Gasteiger charge is 2.25. The van der Waals surface area contributed by atoms with Crippen molar-refractivity contribution in [3.8, 4) is 0 Å². The highest BCUT2D eigenvalue weighted by Crippen LogP contribution is 2.19. The molecule has 0 unspecified atom stereocenters. The highest BCUT2D eigenvalue weighted by molar-refractivity contribution is 7.11. The van der Waals surface area contributed by atoms with Crippen molar-refractivity contribution in [3.05, 3.63) is 51.2 Å². The van der Waals surface area contributed by atoms with Crippen molar-refractivity contribution in [1.82, 2.24) is 14.8 Å². The molecular weight excluding hydrogens is 341 g/mol. The summed E-state index contributed by atoms with van der Waals surface area (Å²) in [5.74, 6) is -0.415. The predicted molar refractivity (Wildman–Crippen MR) is 94.2 cm³/mol. The monoisotopic (exact) mass is 361 g/mol. The van der Waals surface area contributed by atoms with Gasteiger partial charge in [0.2, 0.25) is 5.91 Å². The van der Waals surface area contributed by atoms with Crippen LogP contribution in [0.1, 0.15) is 25.9 Å². The number of halogens is 1. The Morgan fingerprint density at radius 3 is 2.24 bits per heavy atom. The van der Waals surface area contributed by atoms with Crippen LogP contribution in [-0.4, -0.2) is 52.8 Å². The molecule has 1 fully saturated rings. The molecule has 2 amide bonds. The maximum absolute atomic E-state index is 13.0. The fourth-order valence-electron chi connectivity index (χ4n) is 2.92. The second kappa shape index (κ2) is 7.31. The Kier molecular flexibility index (Phi) is 5.13. The van der Waals surface area contributed by atoms with Crippen LogP contribution >= 0.6 is 11.3 Å². The van der Waals surface area contributed by atoms with Crippen LogP contribution in [0.2, 0.25) is 0 Å². The Morgan fingerprint density at radius 1 is 1.08 bits per heavy atom. The van der Waals surface area contributed by atoms with Crippen molar-refractivity contribution in [2.24, 2.45) is 0 Å². The van der Waals surface area contributed by atoms with Crippen LogP contribution in [0.4, 0.5) is 4.39 Å². The number of carbonyl (C=O) groups is 2. The van der Waals surface area contributed by atoms with Gasteiger partial charge in [-0.3, -0.25) is 9.59 Å². The highest BCUT2D eigenvalue weighted by atomic mass is 32.1. The van der Waals surface area contributed by atoms with Gasteiger partial charge < -0.3 is 9.80 Å². The van der Waals surface area contributed by atoms with Crippen LogP contribution in [0, 0.1) is 19.7 Å². The molecule has 0 spiro atoms. The maximum Gasteiger partial charge on any atom is 0.253 e. The Labute approximate surface area is 150 Å². The normalized spacial score (nSPS) is 14.7. The van der Waals surface area contributed by atoms with Crippen LogP contribution in [0.5, 0.6) is 0 Å². The number of benzene rings is 1. The third kappa shape index (κ3) is 4.04. The van der Waals surface area contributed by atoms with Gasteiger partial charge in [0, 0.05) is 36.6 Å². The molecule has 3 rings (SSSR count). The van der Waals surface area contributed by atoms with Crippen molar-refractivity contribution in [1.29, 1.82) is 0 Å². The number of piperazine rings is 1. The lowest BCUT2D eigenvalue weighted by atomic mass is 10.1. The summed E-state index contributed by atoms with van der Waals surface area (Å²) in [5, 5.41) is 0.968. The molecule has 0 aliphatic carbocycles. The topological polar surface area (TPSA) is 53.5 Å². The second-order valence-electron chi connectivity index (χ2n) is 6.10. The molecule has 132 valence electrons. The van der Waals surface area contributed by atoms with E-state index >= 15 is 0 Å². The number of nitrogens with zero attached hydrogens (tertiary/aromatic N) is 3. The zero-order valence-corrected chi connectivity index (χ0v) is 15.1. The van der Waals surface area contributed by atoms with E-state index in [4.69, 9.17) is 0 Å². The average molecular weight is 361 g/mol. The first kappa shape index (κ1) is 17.5. The maximum atomic E-state index is 13.0. The van der Waals surface area contributed by atoms with Gasteiger partial charge in [0.05, 0.1) is 17.1 Å². The molecular formula is C18H20FN3O2S. The largest absolute Gasteiger partial charge is 0.339 e. The molecule has 1 aliphatic rings. The van der Waals surface area contributed by atoms with E-state index in [9.17, 15) is 14.0 Å². The fraction of sp³-hybridized carbons (Fsp3) is 0.389. The zero-order valence-electron chi connectivity index (χ0n) is 14.3. The molecule has 0 bridgehead atoms. The molecule has 2 aromatic rings. The van der Waals surface area contributed by atoms with E-state index in [1.165, 1.54) is 24.3 Å². The quantitative estimate of drug-likeness (QED) is 0.844. The van der Waals surface area contributed by atoms with E-state index in [-0.39, 0.29) is 17.6 Å². The SMILES string of the molecule is Cc1nc(C)c(CC(=O)N2CCN(C(=O)c3ccc(F)cc3)CC2)s1. The minimum absolute atomic E-state index is 0.0700. The number of aromatic nitrogens is 1. The van der Waals surface area contributed by atoms with Crippen LogP contribution in [-0.2, 0) is 11.2 Å². The molecule has 0 atom stereocenters. The second-order valence-corrected chi connectivity index (χ2v) is 7.39. The van der Waals surface area contributed by atoms with Gasteiger partial charge >= 0.3 is 0 Å². The summed E-state index contributed by atoms with van der Waals surface area (Å²) in [7, 11) is 0. The van der Waals surface area contributed by atoms with Crippen molar-refractivity contribution in [3.63, 3.8) is 0 Å². The summed E-state index contributed by atoms with van der Waals surface area (Å²) < 4.78 is 13.0. The lowest BCUT2D eigenvalue weighted by molar-refractivity contribution is -0.131. The third-order valence-electron chi connectivity index (χ3n) is 4.32. The van der Waals surface area contributed by atoms with Gasteiger partial charge in [-0.25, -0.2) is 9.37 Å². The summed E-state index contributed by atoms with van der Waals surface area (Å²) in [6.07, 6.45) is 0.364. The Morgan fingerprint density at radius 2 is 1.68 bits per heavy atom. The van der Waals surface area contributed by atoms with E-state index in [1.54, 1.807) is 21.1 Å². The summed E-state index contributed by atoms with van der Waals surface area (Å²) in [5.41, 5.74) is 1.39. The minimum Gasteiger partial charge on any atom is -0.339 e. The van der Waals surface area contributed by atoms with Crippen molar-refractivity contribution in [2.45, 2.75) is 20.3 Å². The van der Waals surface area contributed by atoms with Crippen LogP contribution in [0.15, 0.2) is 24.3 Å². The number of rotatable bonds is 3. The van der Waals surface area contributed by atoms with E-state index in [0.29, 0.717) is 38.2 Å². The predicted octanol–water partition coefficient (Wildman–Crippen LogP) is 2.43. The third-order valence-corrected chi connectivity index (χ3v) is 5.39. The zero-order chi connectivity index (χ0) is 18.0. The van der Waals surface area contributed by atoms with Gasteiger partial charge in [-0.1, -0.05) is 0 Å². The first-order valence-corrected chi connectivity index (χ1v) is 9.01. The Bertz CT molecular complexity index is 780. The standard InChI is InChI=1S/C18H20FN3O2S/c1-12-16(25-13(2)20-12)11-17(23)21-7-9-22(10-8-21)18(24)14-3-5-15(19)6-4-14/h3-6H,7-11H2,1-2H3. The molecule has 1 aromatic carbocycles. The van der Waals surface area contributed by atoms with Gasteiger partial charge in [-0.15, -0.1) is 11.3 Å². The first-order chi connectivity index (χ1) is 11.9. The number of thiazole rings is 1. The van der Waals surface area contributed by atoms with Gasteiger partial charge in [0.1, 0.15) is 5.82 Å². The van der Waals surface area contributed by atoms with Crippen molar-refractivity contribution < 1.29 is 14.0 Å². The lowest BCUT2D eigenvalue weighted by Crippen LogP contribution is -2.51. The molecule has 0 saturated carbocycles. The lowest BCUT2D eigenvalue weighted by Gasteiger charge is -2.34. The van der Waals surface area contributed by atoms with Crippen molar-refractivity contribution in [2.75, 3.05) is 26.2 Å². The molecule has 2 heterocycles. The average Bonchev–Trinajstić information content (AvgIpc) is 2.92. The number of amides is 2. The smallest absolute Gasteiger partial charge is 0.253 e. The van der Waals surface area contributed by atoms with Gasteiger partial charge in [0.25, 0.3) is 5.91 Å². The Hall–Kier alpha value is -2.28.